The van der Waals surface area contributed by atoms with E-state index in [-0.39, 0.29) is 12.8 Å². The molecule has 1 atom stereocenters. The molecule has 72 valence electrons. The van der Waals surface area contributed by atoms with Crippen molar-refractivity contribution in [3.8, 4) is 0 Å². The number of hydrogen-bond acceptors (Lipinski definition) is 3. The van der Waals surface area contributed by atoms with Crippen molar-refractivity contribution < 1.29 is 9.84 Å². The predicted molar refractivity (Wildman–Crippen MR) is 47.9 cm³/mol. The molecule has 1 heterocycles. The van der Waals surface area contributed by atoms with Crippen LogP contribution in [0.4, 0.5) is 0 Å². The molecule has 0 bridgehead atoms. The third-order valence-electron chi connectivity index (χ3n) is 2.36. The van der Waals surface area contributed by atoms with Crippen LogP contribution in [0.25, 0.3) is 0 Å². The lowest BCUT2D eigenvalue weighted by atomic mass is 10.1. The molecule has 12 heavy (non-hydrogen) atoms. The molecule has 0 aromatic carbocycles. The van der Waals surface area contributed by atoms with Crippen LogP contribution in [0, 0.1) is 0 Å². The summed E-state index contributed by atoms with van der Waals surface area (Å²) in [4.78, 5) is 2.33. The molecule has 1 unspecified atom stereocenters. The topological polar surface area (TPSA) is 32.7 Å². The summed E-state index contributed by atoms with van der Waals surface area (Å²) in [6.07, 6.45) is 4.10. The van der Waals surface area contributed by atoms with Crippen molar-refractivity contribution in [1.82, 2.24) is 4.90 Å². The zero-order valence-electron chi connectivity index (χ0n) is 7.83. The van der Waals surface area contributed by atoms with Gasteiger partial charge in [-0.1, -0.05) is 6.42 Å². The van der Waals surface area contributed by atoms with E-state index in [1.165, 1.54) is 19.3 Å². The highest BCUT2D eigenvalue weighted by atomic mass is 16.5. The number of rotatable bonds is 4. The fourth-order valence-corrected chi connectivity index (χ4v) is 1.61. The van der Waals surface area contributed by atoms with Gasteiger partial charge in [0.25, 0.3) is 0 Å². The van der Waals surface area contributed by atoms with E-state index in [0.29, 0.717) is 6.61 Å². The molecule has 1 aliphatic rings. The Morgan fingerprint density at radius 2 is 2.00 bits per heavy atom. The first-order valence-electron chi connectivity index (χ1n) is 4.81. The predicted octanol–water partition coefficient (Wildman–Crippen LogP) is 0.827. The van der Waals surface area contributed by atoms with Crippen LogP contribution in [-0.4, -0.2) is 42.5 Å². The summed E-state index contributed by atoms with van der Waals surface area (Å²) in [5.41, 5.74) is 0. The number of likely N-dealkylation sites (tertiary alicyclic amines) is 1. The van der Waals surface area contributed by atoms with Gasteiger partial charge in [0, 0.05) is 13.1 Å². The number of nitrogens with zero attached hydrogens (tertiary/aromatic N) is 1. The van der Waals surface area contributed by atoms with E-state index >= 15 is 0 Å². The van der Waals surface area contributed by atoms with Gasteiger partial charge in [0.2, 0.25) is 0 Å². The smallest absolute Gasteiger partial charge is 0.107 e. The Bertz CT molecular complexity index is 113. The Morgan fingerprint density at radius 3 is 2.58 bits per heavy atom. The van der Waals surface area contributed by atoms with Crippen molar-refractivity contribution in [2.45, 2.75) is 32.4 Å². The molecule has 0 aliphatic carbocycles. The second-order valence-electron chi connectivity index (χ2n) is 3.29. The monoisotopic (exact) mass is 173 g/mol. The first-order valence-corrected chi connectivity index (χ1v) is 4.81. The molecule has 0 aromatic heterocycles. The fraction of sp³-hybridized carbons (Fsp3) is 1.00. The number of piperidine rings is 1. The molecule has 0 aromatic rings. The maximum Gasteiger partial charge on any atom is 0.107 e. The number of aliphatic hydroxyl groups excluding tert-OH is 1. The molecule has 0 radical (unpaired) electrons. The van der Waals surface area contributed by atoms with Crippen molar-refractivity contribution in [1.29, 1.82) is 0 Å². The van der Waals surface area contributed by atoms with E-state index in [2.05, 4.69) is 11.8 Å². The molecule has 1 fully saturated rings. The summed E-state index contributed by atoms with van der Waals surface area (Å²) >= 11 is 0. The lowest BCUT2D eigenvalue weighted by molar-refractivity contribution is -0.0643. The largest absolute Gasteiger partial charge is 0.394 e. The minimum Gasteiger partial charge on any atom is -0.394 e. The van der Waals surface area contributed by atoms with Crippen LogP contribution < -0.4 is 0 Å². The van der Waals surface area contributed by atoms with Crippen molar-refractivity contribution >= 4 is 0 Å². The summed E-state index contributed by atoms with van der Waals surface area (Å²) in [5.74, 6) is 0. The molecular weight excluding hydrogens is 154 g/mol. The van der Waals surface area contributed by atoms with Crippen LogP contribution in [0.2, 0.25) is 0 Å². The standard InChI is InChI=1S/C9H19NO2/c1-9(12-8-7-11)10-5-3-2-4-6-10/h9,11H,2-8H2,1H3. The second-order valence-corrected chi connectivity index (χ2v) is 3.29. The first-order chi connectivity index (χ1) is 5.84. The highest BCUT2D eigenvalue weighted by Gasteiger charge is 2.16. The normalized spacial score (nSPS) is 22.5. The van der Waals surface area contributed by atoms with Crippen LogP contribution in [0.3, 0.4) is 0 Å². The Morgan fingerprint density at radius 1 is 1.33 bits per heavy atom. The van der Waals surface area contributed by atoms with Crippen molar-refractivity contribution in [3.05, 3.63) is 0 Å². The van der Waals surface area contributed by atoms with E-state index in [1.807, 2.05) is 0 Å². The molecule has 0 amide bonds. The van der Waals surface area contributed by atoms with Crippen LogP contribution >= 0.6 is 0 Å². The van der Waals surface area contributed by atoms with Crippen LogP contribution in [0.15, 0.2) is 0 Å². The van der Waals surface area contributed by atoms with Gasteiger partial charge in [0.05, 0.1) is 13.2 Å². The van der Waals surface area contributed by atoms with Crippen molar-refractivity contribution in [2.75, 3.05) is 26.3 Å². The SMILES string of the molecule is CC(OCCO)N1CCCCC1. The molecule has 3 nitrogen and oxygen atoms in total. The zero-order chi connectivity index (χ0) is 8.81. The molecular formula is C9H19NO2. The summed E-state index contributed by atoms with van der Waals surface area (Å²) in [6, 6.07) is 0. The van der Waals surface area contributed by atoms with E-state index in [9.17, 15) is 0 Å². The minimum absolute atomic E-state index is 0.123. The third kappa shape index (κ3) is 3.09. The third-order valence-corrected chi connectivity index (χ3v) is 2.36. The van der Waals surface area contributed by atoms with Gasteiger partial charge in [-0.3, -0.25) is 4.90 Å². The van der Waals surface area contributed by atoms with Crippen molar-refractivity contribution in [3.63, 3.8) is 0 Å². The molecule has 0 saturated carbocycles. The Balaban J connectivity index is 2.15. The zero-order valence-corrected chi connectivity index (χ0v) is 7.83. The van der Waals surface area contributed by atoms with Crippen LogP contribution in [0.5, 0.6) is 0 Å². The molecule has 0 spiro atoms. The maximum atomic E-state index is 8.57. The van der Waals surface area contributed by atoms with Gasteiger partial charge in [-0.2, -0.15) is 0 Å². The quantitative estimate of drug-likeness (QED) is 0.683. The maximum absolute atomic E-state index is 8.57. The van der Waals surface area contributed by atoms with Gasteiger partial charge in [-0.15, -0.1) is 0 Å². The average Bonchev–Trinajstić information content (AvgIpc) is 2.15. The summed E-state index contributed by atoms with van der Waals surface area (Å²) in [6.45, 7) is 4.93. The number of aliphatic hydroxyl groups is 1. The van der Waals surface area contributed by atoms with Crippen LogP contribution in [0.1, 0.15) is 26.2 Å². The van der Waals surface area contributed by atoms with Gasteiger partial charge in [0.15, 0.2) is 0 Å². The highest BCUT2D eigenvalue weighted by molar-refractivity contribution is 4.65. The van der Waals surface area contributed by atoms with Gasteiger partial charge in [-0.25, -0.2) is 0 Å². The van der Waals surface area contributed by atoms with Crippen molar-refractivity contribution in [2.24, 2.45) is 0 Å². The molecule has 1 rings (SSSR count). The van der Waals surface area contributed by atoms with E-state index < -0.39 is 0 Å². The summed E-state index contributed by atoms with van der Waals surface area (Å²) in [7, 11) is 0. The Kier molecular flexibility index (Phi) is 4.58. The molecule has 1 aliphatic heterocycles. The molecule has 1 N–H and O–H groups in total. The summed E-state index contributed by atoms with van der Waals surface area (Å²) < 4.78 is 5.41. The average molecular weight is 173 g/mol. The van der Waals surface area contributed by atoms with Gasteiger partial charge < -0.3 is 9.84 Å². The fourth-order valence-electron chi connectivity index (χ4n) is 1.61. The lowest BCUT2D eigenvalue weighted by Gasteiger charge is -2.31. The van der Waals surface area contributed by atoms with Gasteiger partial charge in [0.1, 0.15) is 6.23 Å². The van der Waals surface area contributed by atoms with E-state index in [0.717, 1.165) is 13.1 Å². The summed E-state index contributed by atoms with van der Waals surface area (Å²) in [5, 5.41) is 8.57. The Labute approximate surface area is 74.3 Å². The minimum atomic E-state index is 0.123. The highest BCUT2D eigenvalue weighted by Crippen LogP contribution is 2.12. The number of hydrogen-bond donors (Lipinski definition) is 1. The first kappa shape index (κ1) is 9.96. The van der Waals surface area contributed by atoms with Gasteiger partial charge in [-0.05, 0) is 19.8 Å². The second kappa shape index (κ2) is 5.51. The molecule has 1 saturated heterocycles. The Hall–Kier alpha value is -0.120. The molecule has 3 heteroatoms. The lowest BCUT2D eigenvalue weighted by Crippen LogP contribution is -2.39. The van der Waals surface area contributed by atoms with E-state index in [1.54, 1.807) is 0 Å². The van der Waals surface area contributed by atoms with Gasteiger partial charge >= 0.3 is 0 Å². The van der Waals surface area contributed by atoms with Crippen LogP contribution in [-0.2, 0) is 4.74 Å². The number of ether oxygens (including phenoxy) is 1. The van der Waals surface area contributed by atoms with E-state index in [4.69, 9.17) is 9.84 Å².